The predicted octanol–water partition coefficient (Wildman–Crippen LogP) is 5.81. The molecule has 0 saturated carbocycles. The summed E-state index contributed by atoms with van der Waals surface area (Å²) in [7, 11) is 2.08. The Morgan fingerprint density at radius 1 is 1.00 bits per heavy atom. The zero-order valence-corrected chi connectivity index (χ0v) is 20.0. The number of hydrogen-bond acceptors (Lipinski definition) is 3. The summed E-state index contributed by atoms with van der Waals surface area (Å²) >= 11 is 12.2. The topological polar surface area (TPSA) is 56.1 Å². The number of hydrogen-bond donors (Lipinski definition) is 1. The number of rotatable bonds is 5. The van der Waals surface area contributed by atoms with Crippen LogP contribution in [0.3, 0.4) is 0 Å². The van der Waals surface area contributed by atoms with Crippen LogP contribution in [0.5, 0.6) is 0 Å². The SMILES string of the molecule is CN1CCC(C(=O)NCc2cc(Cl)cc(Cl)c2)(c2ccc(-c3cccc(C#N)c3)cc2)CC1. The highest BCUT2D eigenvalue weighted by Gasteiger charge is 2.42. The fourth-order valence-corrected chi connectivity index (χ4v) is 5.03. The number of carbonyl (C=O) groups is 1. The van der Waals surface area contributed by atoms with Gasteiger partial charge in [-0.2, -0.15) is 5.26 Å². The Bertz CT molecular complexity index is 1170. The van der Waals surface area contributed by atoms with E-state index in [2.05, 4.69) is 35.5 Å². The second-order valence-corrected chi connectivity index (χ2v) is 9.49. The van der Waals surface area contributed by atoms with Crippen LogP contribution in [0.1, 0.15) is 29.5 Å². The molecular formula is C27H25Cl2N3O. The summed E-state index contributed by atoms with van der Waals surface area (Å²) in [5, 5.41) is 13.4. The van der Waals surface area contributed by atoms with E-state index >= 15 is 0 Å². The minimum absolute atomic E-state index is 0.0194. The fourth-order valence-electron chi connectivity index (χ4n) is 4.46. The predicted molar refractivity (Wildman–Crippen MR) is 133 cm³/mol. The first-order valence-corrected chi connectivity index (χ1v) is 11.7. The van der Waals surface area contributed by atoms with Crippen molar-refractivity contribution in [2.45, 2.75) is 24.8 Å². The Labute approximate surface area is 204 Å². The maximum Gasteiger partial charge on any atom is 0.231 e. The monoisotopic (exact) mass is 477 g/mol. The number of halogens is 2. The summed E-state index contributed by atoms with van der Waals surface area (Å²) in [4.78, 5) is 15.8. The van der Waals surface area contributed by atoms with Crippen molar-refractivity contribution in [3.63, 3.8) is 0 Å². The lowest BCUT2D eigenvalue weighted by molar-refractivity contribution is -0.128. The van der Waals surface area contributed by atoms with Gasteiger partial charge < -0.3 is 10.2 Å². The van der Waals surface area contributed by atoms with E-state index in [1.54, 1.807) is 12.1 Å². The molecule has 6 heteroatoms. The number of piperidine rings is 1. The van der Waals surface area contributed by atoms with E-state index in [1.165, 1.54) is 0 Å². The summed E-state index contributed by atoms with van der Waals surface area (Å²) in [5.41, 5.74) is 3.92. The van der Waals surface area contributed by atoms with Gasteiger partial charge in [0, 0.05) is 16.6 Å². The summed E-state index contributed by atoms with van der Waals surface area (Å²) in [5.74, 6) is 0.0194. The van der Waals surface area contributed by atoms with Crippen molar-refractivity contribution in [2.75, 3.05) is 20.1 Å². The molecule has 0 aliphatic carbocycles. The molecule has 1 aliphatic heterocycles. The van der Waals surface area contributed by atoms with E-state index in [-0.39, 0.29) is 5.91 Å². The van der Waals surface area contributed by atoms with Crippen LogP contribution >= 0.6 is 23.2 Å². The zero-order chi connectivity index (χ0) is 23.4. The number of carbonyl (C=O) groups excluding carboxylic acids is 1. The molecule has 0 bridgehead atoms. The van der Waals surface area contributed by atoms with Crippen molar-refractivity contribution in [3.8, 4) is 17.2 Å². The third-order valence-corrected chi connectivity index (χ3v) is 6.85. The molecule has 0 unspecified atom stereocenters. The summed E-state index contributed by atoms with van der Waals surface area (Å²) in [6.45, 7) is 2.07. The summed E-state index contributed by atoms with van der Waals surface area (Å²) < 4.78 is 0. The molecule has 3 aromatic rings. The number of nitriles is 1. The Kier molecular flexibility index (Phi) is 7.05. The Balaban J connectivity index is 1.59. The summed E-state index contributed by atoms with van der Waals surface area (Å²) in [6, 6.07) is 23.2. The van der Waals surface area contributed by atoms with Crippen molar-refractivity contribution in [3.05, 3.63) is 93.5 Å². The van der Waals surface area contributed by atoms with E-state index in [9.17, 15) is 10.1 Å². The minimum atomic E-state index is -0.595. The molecule has 1 amide bonds. The number of amides is 1. The molecule has 1 N–H and O–H groups in total. The van der Waals surface area contributed by atoms with E-state index in [0.717, 1.165) is 48.2 Å². The van der Waals surface area contributed by atoms with Crippen molar-refractivity contribution in [1.29, 1.82) is 5.26 Å². The molecule has 0 aromatic heterocycles. The molecule has 1 heterocycles. The van der Waals surface area contributed by atoms with Gasteiger partial charge in [0.1, 0.15) is 0 Å². The molecule has 1 aliphatic rings. The first-order chi connectivity index (χ1) is 15.9. The second-order valence-electron chi connectivity index (χ2n) is 8.62. The van der Waals surface area contributed by atoms with Crippen LogP contribution in [-0.2, 0) is 16.8 Å². The lowest BCUT2D eigenvalue weighted by atomic mass is 9.71. The van der Waals surface area contributed by atoms with Gasteiger partial charge in [0.25, 0.3) is 0 Å². The third kappa shape index (κ3) is 5.23. The molecule has 0 spiro atoms. The fraction of sp³-hybridized carbons (Fsp3) is 0.259. The molecule has 1 saturated heterocycles. The average Bonchev–Trinajstić information content (AvgIpc) is 2.83. The van der Waals surface area contributed by atoms with Gasteiger partial charge in [-0.3, -0.25) is 4.79 Å². The van der Waals surface area contributed by atoms with Crippen molar-refractivity contribution < 1.29 is 4.79 Å². The lowest BCUT2D eigenvalue weighted by Gasteiger charge is -2.40. The molecule has 1 fully saturated rings. The van der Waals surface area contributed by atoms with Crippen molar-refractivity contribution in [2.24, 2.45) is 0 Å². The molecule has 0 atom stereocenters. The molecule has 4 rings (SSSR count). The van der Waals surface area contributed by atoms with Gasteiger partial charge in [-0.15, -0.1) is 0 Å². The van der Waals surface area contributed by atoms with Crippen molar-refractivity contribution in [1.82, 2.24) is 10.2 Å². The number of nitrogens with one attached hydrogen (secondary N) is 1. The maximum absolute atomic E-state index is 13.6. The molecule has 0 radical (unpaired) electrons. The van der Waals surface area contributed by atoms with Crippen LogP contribution < -0.4 is 5.32 Å². The van der Waals surface area contributed by atoms with E-state index < -0.39 is 5.41 Å². The van der Waals surface area contributed by atoms with Gasteiger partial charge in [0.15, 0.2) is 0 Å². The number of likely N-dealkylation sites (tertiary alicyclic amines) is 1. The third-order valence-electron chi connectivity index (χ3n) is 6.41. The van der Waals surface area contributed by atoms with Crippen LogP contribution in [0, 0.1) is 11.3 Å². The van der Waals surface area contributed by atoms with Crippen LogP contribution in [0.25, 0.3) is 11.1 Å². The molecule has 168 valence electrons. The van der Waals surface area contributed by atoms with Gasteiger partial charge in [0.2, 0.25) is 5.91 Å². The maximum atomic E-state index is 13.6. The summed E-state index contributed by atoms with van der Waals surface area (Å²) in [6.07, 6.45) is 1.49. The second kappa shape index (κ2) is 9.97. The first-order valence-electron chi connectivity index (χ1n) is 10.9. The Morgan fingerprint density at radius 2 is 1.67 bits per heavy atom. The van der Waals surface area contributed by atoms with Crippen molar-refractivity contribution >= 4 is 29.1 Å². The quantitative estimate of drug-likeness (QED) is 0.504. The Hall–Kier alpha value is -2.84. The van der Waals surface area contributed by atoms with Crippen LogP contribution in [-0.4, -0.2) is 30.9 Å². The van der Waals surface area contributed by atoms with Crippen LogP contribution in [0.15, 0.2) is 66.7 Å². The molecule has 33 heavy (non-hydrogen) atoms. The van der Waals surface area contributed by atoms with Gasteiger partial charge in [-0.1, -0.05) is 59.6 Å². The highest BCUT2D eigenvalue weighted by Crippen LogP contribution is 2.37. The zero-order valence-electron chi connectivity index (χ0n) is 18.4. The Morgan fingerprint density at radius 3 is 2.30 bits per heavy atom. The normalized spacial score (nSPS) is 15.6. The van der Waals surface area contributed by atoms with Gasteiger partial charge in [-0.05, 0) is 85.6 Å². The van der Waals surface area contributed by atoms with E-state index in [0.29, 0.717) is 22.2 Å². The largest absolute Gasteiger partial charge is 0.351 e. The number of benzene rings is 3. The van der Waals surface area contributed by atoms with Crippen LogP contribution in [0.4, 0.5) is 0 Å². The number of nitrogens with zero attached hydrogens (tertiary/aromatic N) is 2. The van der Waals surface area contributed by atoms with E-state index in [4.69, 9.17) is 23.2 Å². The average molecular weight is 478 g/mol. The van der Waals surface area contributed by atoms with Gasteiger partial charge >= 0.3 is 0 Å². The molecule has 4 nitrogen and oxygen atoms in total. The molecule has 3 aromatic carbocycles. The smallest absolute Gasteiger partial charge is 0.231 e. The molecular weight excluding hydrogens is 453 g/mol. The van der Waals surface area contributed by atoms with Gasteiger partial charge in [0.05, 0.1) is 17.0 Å². The standard InChI is InChI=1S/C27H25Cl2N3O/c1-32-11-9-27(10-12-32,26(33)31-18-20-14-24(28)16-25(29)15-20)23-7-5-21(6-8-23)22-4-2-3-19(13-22)17-30/h2-8,13-16H,9-12,18H2,1H3,(H,31,33). The highest BCUT2D eigenvalue weighted by atomic mass is 35.5. The first kappa shape index (κ1) is 23.3. The lowest BCUT2D eigenvalue weighted by Crippen LogP contribution is -2.50. The van der Waals surface area contributed by atoms with Crippen LogP contribution in [0.2, 0.25) is 10.0 Å². The van der Waals surface area contributed by atoms with Gasteiger partial charge in [-0.25, -0.2) is 0 Å². The highest BCUT2D eigenvalue weighted by molar-refractivity contribution is 6.34. The van der Waals surface area contributed by atoms with E-state index in [1.807, 2.05) is 42.5 Å². The minimum Gasteiger partial charge on any atom is -0.351 e.